The molecule has 6 heteroatoms. The average molecular weight is 278 g/mol. The molecule has 1 saturated heterocycles. The number of hydrogen-bond donors (Lipinski definition) is 0. The summed E-state index contributed by atoms with van der Waals surface area (Å²) >= 11 is 0. The summed E-state index contributed by atoms with van der Waals surface area (Å²) in [7, 11) is 0. The van der Waals surface area contributed by atoms with Gasteiger partial charge in [0.2, 0.25) is 0 Å². The monoisotopic (exact) mass is 278 g/mol. The van der Waals surface area contributed by atoms with Gasteiger partial charge in [-0.3, -0.25) is 14.9 Å². The van der Waals surface area contributed by atoms with Gasteiger partial charge in [0.1, 0.15) is 12.0 Å². The van der Waals surface area contributed by atoms with Gasteiger partial charge in [-0.25, -0.2) is 0 Å². The Bertz CT molecular complexity index is 542. The van der Waals surface area contributed by atoms with E-state index in [9.17, 15) is 14.9 Å². The molecule has 108 valence electrons. The van der Waals surface area contributed by atoms with E-state index in [1.165, 1.54) is 6.07 Å². The lowest BCUT2D eigenvalue weighted by molar-refractivity contribution is -0.384. The Balaban J connectivity index is 2.41. The Labute approximate surface area is 117 Å². The lowest BCUT2D eigenvalue weighted by Gasteiger charge is -2.42. The number of hydrogen-bond acceptors (Lipinski definition) is 5. The summed E-state index contributed by atoms with van der Waals surface area (Å²) in [5.74, 6) is 0. The van der Waals surface area contributed by atoms with Crippen LogP contribution < -0.4 is 4.90 Å². The third kappa shape index (κ3) is 2.96. The first-order valence-corrected chi connectivity index (χ1v) is 6.49. The van der Waals surface area contributed by atoms with Crippen molar-refractivity contribution in [1.82, 2.24) is 0 Å². The number of rotatable bonds is 3. The molecule has 0 radical (unpaired) electrons. The van der Waals surface area contributed by atoms with Crippen LogP contribution in [-0.2, 0) is 4.74 Å². The quantitative estimate of drug-likeness (QED) is 0.482. The molecule has 0 saturated carbocycles. The van der Waals surface area contributed by atoms with Crippen molar-refractivity contribution < 1.29 is 14.5 Å². The fourth-order valence-electron chi connectivity index (χ4n) is 2.66. The van der Waals surface area contributed by atoms with Crippen LogP contribution in [0.25, 0.3) is 0 Å². The van der Waals surface area contributed by atoms with Crippen LogP contribution in [-0.4, -0.2) is 36.0 Å². The van der Waals surface area contributed by atoms with Gasteiger partial charge >= 0.3 is 0 Å². The van der Waals surface area contributed by atoms with Gasteiger partial charge in [0.25, 0.3) is 5.69 Å². The van der Waals surface area contributed by atoms with Crippen molar-refractivity contribution in [2.24, 2.45) is 0 Å². The maximum absolute atomic E-state index is 11.2. The average Bonchev–Trinajstić information content (AvgIpc) is 2.35. The number of morpholine rings is 1. The molecule has 6 nitrogen and oxygen atoms in total. The first-order valence-electron chi connectivity index (χ1n) is 6.49. The van der Waals surface area contributed by atoms with Crippen LogP contribution in [0, 0.1) is 10.1 Å². The molecule has 2 rings (SSSR count). The van der Waals surface area contributed by atoms with Gasteiger partial charge in [-0.05, 0) is 32.9 Å². The lowest BCUT2D eigenvalue weighted by Crippen LogP contribution is -2.52. The molecule has 1 unspecified atom stereocenters. The van der Waals surface area contributed by atoms with Crippen LogP contribution in [0.4, 0.5) is 11.4 Å². The highest BCUT2D eigenvalue weighted by Crippen LogP contribution is 2.33. The summed E-state index contributed by atoms with van der Waals surface area (Å²) < 4.78 is 5.80. The van der Waals surface area contributed by atoms with Crippen molar-refractivity contribution in [2.45, 2.75) is 32.5 Å². The molecular formula is C14H18N2O4. The molecule has 0 bridgehead atoms. The first kappa shape index (κ1) is 14.5. The zero-order valence-corrected chi connectivity index (χ0v) is 11.8. The van der Waals surface area contributed by atoms with Crippen molar-refractivity contribution in [3.63, 3.8) is 0 Å². The SMILES string of the molecule is CC1CN(c2ccc(C=O)cc2[N+](=O)[O-])CC(C)(C)O1. The largest absolute Gasteiger partial charge is 0.369 e. The fraction of sp³-hybridized carbons (Fsp3) is 0.500. The smallest absolute Gasteiger partial charge is 0.293 e. The van der Waals surface area contributed by atoms with Crippen LogP contribution in [0.15, 0.2) is 18.2 Å². The number of nitrogens with zero attached hydrogens (tertiary/aromatic N) is 2. The Morgan fingerprint density at radius 3 is 2.75 bits per heavy atom. The normalized spacial score (nSPS) is 21.6. The third-order valence-corrected chi connectivity index (χ3v) is 3.24. The zero-order chi connectivity index (χ0) is 14.9. The molecule has 1 aliphatic rings. The summed E-state index contributed by atoms with van der Waals surface area (Å²) in [5.41, 5.74) is 0.429. The van der Waals surface area contributed by atoms with Crippen molar-refractivity contribution in [3.05, 3.63) is 33.9 Å². The molecule has 0 amide bonds. The molecule has 1 aromatic carbocycles. The number of nitro benzene ring substituents is 1. The van der Waals surface area contributed by atoms with E-state index in [4.69, 9.17) is 4.74 Å². The van der Waals surface area contributed by atoms with E-state index in [2.05, 4.69) is 0 Å². The summed E-state index contributed by atoms with van der Waals surface area (Å²) in [6, 6.07) is 4.55. The molecular weight excluding hydrogens is 260 g/mol. The predicted molar refractivity (Wildman–Crippen MR) is 75.3 cm³/mol. The number of benzene rings is 1. The van der Waals surface area contributed by atoms with E-state index in [-0.39, 0.29) is 17.4 Å². The number of carbonyl (C=O) groups is 1. The van der Waals surface area contributed by atoms with Crippen molar-refractivity contribution in [2.75, 3.05) is 18.0 Å². The fourth-order valence-corrected chi connectivity index (χ4v) is 2.66. The maximum atomic E-state index is 11.2. The maximum Gasteiger partial charge on any atom is 0.293 e. The van der Waals surface area contributed by atoms with Crippen LogP contribution in [0.3, 0.4) is 0 Å². The summed E-state index contributed by atoms with van der Waals surface area (Å²) in [5, 5.41) is 11.2. The first-order chi connectivity index (χ1) is 9.32. The minimum atomic E-state index is -0.449. The molecule has 0 aromatic heterocycles. The molecule has 0 spiro atoms. The Morgan fingerprint density at radius 1 is 1.50 bits per heavy atom. The van der Waals surface area contributed by atoms with Crippen molar-refractivity contribution in [1.29, 1.82) is 0 Å². The van der Waals surface area contributed by atoms with Crippen molar-refractivity contribution in [3.8, 4) is 0 Å². The number of aldehydes is 1. The minimum absolute atomic E-state index is 0.0101. The van der Waals surface area contributed by atoms with Crippen LogP contribution in [0.2, 0.25) is 0 Å². The van der Waals surface area contributed by atoms with Gasteiger partial charge in [0.05, 0.1) is 16.6 Å². The van der Waals surface area contributed by atoms with Gasteiger partial charge in [0.15, 0.2) is 0 Å². The van der Waals surface area contributed by atoms with E-state index < -0.39 is 4.92 Å². The number of anilines is 1. The Morgan fingerprint density at radius 2 is 2.20 bits per heavy atom. The van der Waals surface area contributed by atoms with Crippen LogP contribution in [0.1, 0.15) is 31.1 Å². The molecule has 0 aliphatic carbocycles. The van der Waals surface area contributed by atoms with E-state index in [1.54, 1.807) is 12.1 Å². The van der Waals surface area contributed by atoms with Gasteiger partial charge in [0, 0.05) is 24.7 Å². The minimum Gasteiger partial charge on any atom is -0.369 e. The summed E-state index contributed by atoms with van der Waals surface area (Å²) in [4.78, 5) is 23.5. The number of nitro groups is 1. The third-order valence-electron chi connectivity index (χ3n) is 3.24. The predicted octanol–water partition coefficient (Wildman–Crippen LogP) is 2.41. The second-order valence-corrected chi connectivity index (χ2v) is 5.69. The second kappa shape index (κ2) is 5.20. The Kier molecular flexibility index (Phi) is 3.76. The van der Waals surface area contributed by atoms with Crippen LogP contribution in [0.5, 0.6) is 0 Å². The molecule has 1 heterocycles. The molecule has 1 fully saturated rings. The van der Waals surface area contributed by atoms with Gasteiger partial charge in [-0.2, -0.15) is 0 Å². The van der Waals surface area contributed by atoms with Gasteiger partial charge < -0.3 is 9.64 Å². The molecule has 0 N–H and O–H groups in total. The number of ether oxygens (including phenoxy) is 1. The Hall–Kier alpha value is -1.95. The standard InChI is InChI=1S/C14H18N2O4/c1-10-7-15(9-14(2,3)20-10)12-5-4-11(8-17)6-13(12)16(18)19/h4-6,8,10H,7,9H2,1-3H3. The number of carbonyl (C=O) groups excluding carboxylic acids is 1. The molecule has 1 atom stereocenters. The summed E-state index contributed by atoms with van der Waals surface area (Å²) in [6.45, 7) is 7.02. The highest BCUT2D eigenvalue weighted by molar-refractivity contribution is 5.79. The zero-order valence-electron chi connectivity index (χ0n) is 11.8. The van der Waals surface area contributed by atoms with E-state index >= 15 is 0 Å². The van der Waals surface area contributed by atoms with Crippen LogP contribution >= 0.6 is 0 Å². The topological polar surface area (TPSA) is 72.7 Å². The van der Waals surface area contributed by atoms with Gasteiger partial charge in [-0.1, -0.05) is 0 Å². The highest BCUT2D eigenvalue weighted by Gasteiger charge is 2.34. The van der Waals surface area contributed by atoms with Gasteiger partial charge in [-0.15, -0.1) is 0 Å². The van der Waals surface area contributed by atoms with E-state index in [0.29, 0.717) is 30.6 Å². The molecule has 1 aromatic rings. The van der Waals surface area contributed by atoms with E-state index in [0.717, 1.165) is 0 Å². The summed E-state index contributed by atoms with van der Waals surface area (Å²) in [6.07, 6.45) is 0.604. The highest BCUT2D eigenvalue weighted by atomic mass is 16.6. The van der Waals surface area contributed by atoms with E-state index in [1.807, 2.05) is 25.7 Å². The lowest BCUT2D eigenvalue weighted by atomic mass is 10.0. The molecule has 1 aliphatic heterocycles. The molecule has 20 heavy (non-hydrogen) atoms. The second-order valence-electron chi connectivity index (χ2n) is 5.69. The van der Waals surface area contributed by atoms with Crippen molar-refractivity contribution >= 4 is 17.7 Å².